The lowest BCUT2D eigenvalue weighted by molar-refractivity contribution is 0.407. The van der Waals surface area contributed by atoms with E-state index in [9.17, 15) is 4.39 Å². The number of nitrogens with zero attached hydrogens (tertiary/aromatic N) is 1. The van der Waals surface area contributed by atoms with Crippen LogP contribution >= 0.6 is 11.8 Å². The molecule has 1 fully saturated rings. The highest BCUT2D eigenvalue weighted by atomic mass is 32.2. The van der Waals surface area contributed by atoms with Crippen LogP contribution in [0.3, 0.4) is 0 Å². The zero-order valence-corrected chi connectivity index (χ0v) is 12.6. The van der Waals surface area contributed by atoms with E-state index < -0.39 is 0 Å². The van der Waals surface area contributed by atoms with Gasteiger partial charge in [0, 0.05) is 11.3 Å². The molecule has 1 aromatic rings. The number of thioether (sulfide) groups is 1. The molecule has 2 nitrogen and oxygen atoms in total. The maximum Gasteiger partial charge on any atom is 0.157 e. The summed E-state index contributed by atoms with van der Waals surface area (Å²) in [4.78, 5) is 4.68. The number of halogens is 1. The summed E-state index contributed by atoms with van der Waals surface area (Å²) < 4.78 is 13.2. The molecule has 2 rings (SSSR count). The smallest absolute Gasteiger partial charge is 0.157 e. The molecule has 0 aromatic heterocycles. The van der Waals surface area contributed by atoms with Crippen molar-refractivity contribution in [3.05, 3.63) is 35.6 Å². The Morgan fingerprint density at radius 1 is 1.42 bits per heavy atom. The number of rotatable bonds is 4. The molecule has 1 aromatic carbocycles. The van der Waals surface area contributed by atoms with Crippen molar-refractivity contribution in [3.63, 3.8) is 0 Å². The molecule has 1 aliphatic heterocycles. The Morgan fingerprint density at radius 2 is 2.16 bits per heavy atom. The van der Waals surface area contributed by atoms with E-state index >= 15 is 0 Å². The Morgan fingerprint density at radius 3 is 2.74 bits per heavy atom. The first-order chi connectivity index (χ1) is 9.08. The molecule has 0 amide bonds. The minimum absolute atomic E-state index is 0.0183. The van der Waals surface area contributed by atoms with Crippen molar-refractivity contribution in [2.45, 2.75) is 45.2 Å². The van der Waals surface area contributed by atoms with Gasteiger partial charge < -0.3 is 5.32 Å². The van der Waals surface area contributed by atoms with Gasteiger partial charge in [-0.05, 0) is 37.5 Å². The number of benzene rings is 1. The van der Waals surface area contributed by atoms with Gasteiger partial charge in [0.25, 0.3) is 0 Å². The molecule has 0 aliphatic carbocycles. The van der Waals surface area contributed by atoms with Gasteiger partial charge >= 0.3 is 0 Å². The summed E-state index contributed by atoms with van der Waals surface area (Å²) >= 11 is 1.77. The summed E-state index contributed by atoms with van der Waals surface area (Å²) in [5, 5.41) is 4.52. The first-order valence-corrected chi connectivity index (χ1v) is 7.81. The fourth-order valence-corrected chi connectivity index (χ4v) is 3.64. The molecular formula is C15H21FN2S. The first kappa shape index (κ1) is 14.4. The van der Waals surface area contributed by atoms with Crippen LogP contribution in [0.25, 0.3) is 0 Å². The van der Waals surface area contributed by atoms with E-state index in [4.69, 9.17) is 0 Å². The largest absolute Gasteiger partial charge is 0.359 e. The molecule has 1 heterocycles. The minimum atomic E-state index is -0.201. The van der Waals surface area contributed by atoms with Crippen molar-refractivity contribution in [1.82, 2.24) is 5.32 Å². The van der Waals surface area contributed by atoms with Crippen LogP contribution in [0.5, 0.6) is 0 Å². The van der Waals surface area contributed by atoms with Crippen LogP contribution in [0, 0.1) is 5.82 Å². The Kier molecular flexibility index (Phi) is 4.50. The van der Waals surface area contributed by atoms with Gasteiger partial charge in [-0.15, -0.1) is 0 Å². The predicted octanol–water partition coefficient (Wildman–Crippen LogP) is 4.14. The second-order valence-corrected chi connectivity index (χ2v) is 6.03. The third-order valence-corrected chi connectivity index (χ3v) is 5.03. The van der Waals surface area contributed by atoms with Crippen molar-refractivity contribution >= 4 is 16.9 Å². The van der Waals surface area contributed by atoms with Gasteiger partial charge in [-0.1, -0.05) is 37.7 Å². The normalized spacial score (nSPS) is 21.4. The monoisotopic (exact) mass is 280 g/mol. The number of aliphatic imine (C=N–C) groups is 1. The van der Waals surface area contributed by atoms with E-state index in [2.05, 4.69) is 24.2 Å². The van der Waals surface area contributed by atoms with Crippen LogP contribution in [-0.2, 0) is 0 Å². The maximum atomic E-state index is 13.2. The quantitative estimate of drug-likeness (QED) is 0.896. The van der Waals surface area contributed by atoms with Gasteiger partial charge in [0.1, 0.15) is 5.82 Å². The van der Waals surface area contributed by atoms with Gasteiger partial charge in [0.15, 0.2) is 5.17 Å². The Balaban J connectivity index is 2.10. The summed E-state index contributed by atoms with van der Waals surface area (Å²) in [5.41, 5.74) is 1.10. The molecule has 19 heavy (non-hydrogen) atoms. The topological polar surface area (TPSA) is 24.4 Å². The van der Waals surface area contributed by atoms with E-state index in [0.29, 0.717) is 0 Å². The van der Waals surface area contributed by atoms with E-state index in [0.717, 1.165) is 29.3 Å². The van der Waals surface area contributed by atoms with E-state index in [-0.39, 0.29) is 17.4 Å². The molecular weight excluding hydrogens is 259 g/mol. The van der Waals surface area contributed by atoms with Crippen LogP contribution in [0.15, 0.2) is 29.3 Å². The average Bonchev–Trinajstić information content (AvgIpc) is 2.83. The highest BCUT2D eigenvalue weighted by molar-refractivity contribution is 8.14. The summed E-state index contributed by atoms with van der Waals surface area (Å²) in [5.74, 6) is 0.863. The molecule has 104 valence electrons. The van der Waals surface area contributed by atoms with Crippen LogP contribution in [-0.4, -0.2) is 16.5 Å². The zero-order valence-electron chi connectivity index (χ0n) is 11.7. The molecule has 4 heteroatoms. The van der Waals surface area contributed by atoms with Crippen LogP contribution < -0.4 is 5.32 Å². The second-order valence-electron chi connectivity index (χ2n) is 5.07. The Hall–Kier alpha value is -1.03. The lowest BCUT2D eigenvalue weighted by Crippen LogP contribution is -2.42. The van der Waals surface area contributed by atoms with E-state index in [1.165, 1.54) is 6.07 Å². The van der Waals surface area contributed by atoms with E-state index in [1.54, 1.807) is 23.9 Å². The highest BCUT2D eigenvalue weighted by Crippen LogP contribution is 2.30. The zero-order chi connectivity index (χ0) is 13.9. The first-order valence-electron chi connectivity index (χ1n) is 6.83. The van der Waals surface area contributed by atoms with Crippen molar-refractivity contribution in [3.8, 4) is 0 Å². The molecule has 1 aliphatic rings. The van der Waals surface area contributed by atoms with Crippen molar-refractivity contribution in [2.24, 2.45) is 4.99 Å². The van der Waals surface area contributed by atoms with Crippen LogP contribution in [0.1, 0.15) is 45.2 Å². The van der Waals surface area contributed by atoms with Gasteiger partial charge in [-0.25, -0.2) is 4.39 Å². The molecule has 1 saturated heterocycles. The molecule has 0 spiro atoms. The third-order valence-electron chi connectivity index (χ3n) is 3.85. The standard InChI is InChI=1S/C15H21FN2S/c1-4-15(5-2)10-19-14(18-15)17-11(3)12-7-6-8-13(16)9-12/h6-9,11H,4-5,10H2,1-3H3,(H,17,18). The number of hydrogen-bond donors (Lipinski definition) is 1. The highest BCUT2D eigenvalue weighted by Gasteiger charge is 2.33. The lowest BCUT2D eigenvalue weighted by atomic mass is 9.96. The SMILES string of the molecule is CCC1(CC)CSC(=NC(C)c2cccc(F)c2)N1. The van der Waals surface area contributed by atoms with Gasteiger partial charge in [0.05, 0.1) is 6.04 Å². The number of amidine groups is 1. The maximum absolute atomic E-state index is 13.2. The number of hydrogen-bond acceptors (Lipinski definition) is 2. The molecule has 0 saturated carbocycles. The molecule has 1 atom stereocenters. The molecule has 0 bridgehead atoms. The van der Waals surface area contributed by atoms with Gasteiger partial charge in [0.2, 0.25) is 0 Å². The predicted molar refractivity (Wildman–Crippen MR) is 81.2 cm³/mol. The fourth-order valence-electron chi connectivity index (χ4n) is 2.22. The fraction of sp³-hybridized carbons (Fsp3) is 0.533. The van der Waals surface area contributed by atoms with E-state index in [1.807, 2.05) is 13.0 Å². The summed E-state index contributed by atoms with van der Waals surface area (Å²) in [6, 6.07) is 6.66. The molecule has 1 unspecified atom stereocenters. The summed E-state index contributed by atoms with van der Waals surface area (Å²) in [6.07, 6.45) is 2.20. The molecule has 1 N–H and O–H groups in total. The van der Waals surface area contributed by atoms with Crippen LogP contribution in [0.2, 0.25) is 0 Å². The Bertz CT molecular complexity index is 469. The van der Waals surface area contributed by atoms with Crippen molar-refractivity contribution < 1.29 is 4.39 Å². The Labute approximate surface area is 118 Å². The van der Waals surface area contributed by atoms with Crippen molar-refractivity contribution in [2.75, 3.05) is 5.75 Å². The average molecular weight is 280 g/mol. The summed E-state index contributed by atoms with van der Waals surface area (Å²) in [6.45, 7) is 6.41. The van der Waals surface area contributed by atoms with Gasteiger partial charge in [-0.2, -0.15) is 0 Å². The number of nitrogens with one attached hydrogen (secondary N) is 1. The lowest BCUT2D eigenvalue weighted by Gasteiger charge is -2.25. The van der Waals surface area contributed by atoms with Crippen molar-refractivity contribution in [1.29, 1.82) is 0 Å². The molecule has 0 radical (unpaired) electrons. The van der Waals surface area contributed by atoms with Gasteiger partial charge in [-0.3, -0.25) is 4.99 Å². The van der Waals surface area contributed by atoms with Crippen LogP contribution in [0.4, 0.5) is 4.39 Å². The third kappa shape index (κ3) is 3.30. The minimum Gasteiger partial charge on any atom is -0.359 e. The second kappa shape index (κ2) is 5.95. The summed E-state index contributed by atoms with van der Waals surface area (Å²) in [7, 11) is 0.